The summed E-state index contributed by atoms with van der Waals surface area (Å²) in [6.07, 6.45) is 0. The Balaban J connectivity index is 0.00000512. The number of halogens is 1. The summed E-state index contributed by atoms with van der Waals surface area (Å²) >= 11 is 0. The summed E-state index contributed by atoms with van der Waals surface area (Å²) in [4.78, 5) is 17.1. The van der Waals surface area contributed by atoms with Gasteiger partial charge >= 0.3 is 0 Å². The molecule has 0 aliphatic rings. The Morgan fingerprint density at radius 1 is 1.12 bits per heavy atom. The minimum Gasteiger partial charge on any atom is -0.493 e. The van der Waals surface area contributed by atoms with Gasteiger partial charge in [-0.2, -0.15) is 0 Å². The van der Waals surface area contributed by atoms with Gasteiger partial charge in [0.25, 0.3) is 5.69 Å². The molecule has 0 aromatic heterocycles. The first-order valence-electron chi connectivity index (χ1n) is 9.82. The van der Waals surface area contributed by atoms with E-state index in [1.54, 1.807) is 33.5 Å². The predicted molar refractivity (Wildman–Crippen MR) is 135 cm³/mol. The van der Waals surface area contributed by atoms with Gasteiger partial charge in [-0.1, -0.05) is 12.1 Å². The van der Waals surface area contributed by atoms with E-state index < -0.39 is 4.92 Å². The summed E-state index contributed by atoms with van der Waals surface area (Å²) in [7, 11) is 6.83. The fourth-order valence-electron chi connectivity index (χ4n) is 2.99. The standard InChI is InChI=1S/C22H30N4O5.HI/c1-16-12-20(30-4)21(31-5)13-18(16)15-25(2)22(23-10-11-29-3)24-14-17-6-8-19(9-7-17)26(27)28;/h6-9,12-13H,10-11,14-15H2,1-5H3,(H,23,24);1H. The fraction of sp³-hybridized carbons (Fsp3) is 0.409. The zero-order valence-corrected chi connectivity index (χ0v) is 21.4. The van der Waals surface area contributed by atoms with Gasteiger partial charge in [0, 0.05) is 39.4 Å². The van der Waals surface area contributed by atoms with Crippen LogP contribution in [0.3, 0.4) is 0 Å². The number of guanidine groups is 1. The molecule has 9 nitrogen and oxygen atoms in total. The van der Waals surface area contributed by atoms with Crippen molar-refractivity contribution >= 4 is 35.6 Å². The molecule has 0 saturated heterocycles. The first-order chi connectivity index (χ1) is 14.9. The molecule has 0 bridgehead atoms. The topological polar surface area (TPSA) is 98.5 Å². The van der Waals surface area contributed by atoms with Crippen LogP contribution in [0, 0.1) is 17.0 Å². The van der Waals surface area contributed by atoms with Gasteiger partial charge in [0.05, 0.1) is 32.3 Å². The zero-order valence-electron chi connectivity index (χ0n) is 19.1. The number of nitrogens with zero attached hydrogens (tertiary/aromatic N) is 3. The third kappa shape index (κ3) is 7.83. The highest BCUT2D eigenvalue weighted by Crippen LogP contribution is 2.30. The van der Waals surface area contributed by atoms with Crippen LogP contribution in [0.5, 0.6) is 11.5 Å². The van der Waals surface area contributed by atoms with E-state index in [0.29, 0.717) is 43.7 Å². The molecule has 0 saturated carbocycles. The van der Waals surface area contributed by atoms with Gasteiger partial charge in [-0.15, -0.1) is 24.0 Å². The van der Waals surface area contributed by atoms with Crippen molar-refractivity contribution < 1.29 is 19.1 Å². The molecule has 0 amide bonds. The van der Waals surface area contributed by atoms with E-state index in [-0.39, 0.29) is 29.7 Å². The van der Waals surface area contributed by atoms with Crippen LogP contribution in [0.4, 0.5) is 5.69 Å². The van der Waals surface area contributed by atoms with Crippen LogP contribution in [0.25, 0.3) is 0 Å². The predicted octanol–water partition coefficient (Wildman–Crippen LogP) is 3.76. The highest BCUT2D eigenvalue weighted by atomic mass is 127. The Hall–Kier alpha value is -2.60. The molecule has 176 valence electrons. The van der Waals surface area contributed by atoms with Crippen LogP contribution in [-0.4, -0.2) is 57.3 Å². The first kappa shape index (κ1) is 27.4. The number of nitro groups is 1. The van der Waals surface area contributed by atoms with E-state index in [1.165, 1.54) is 12.1 Å². The van der Waals surface area contributed by atoms with Crippen molar-refractivity contribution in [2.24, 2.45) is 4.99 Å². The third-order valence-corrected chi connectivity index (χ3v) is 4.76. The summed E-state index contributed by atoms with van der Waals surface area (Å²) in [6, 6.07) is 10.3. The SMILES string of the molecule is COCCNC(=NCc1ccc([N+](=O)[O-])cc1)N(C)Cc1cc(OC)c(OC)cc1C.I. The maximum atomic E-state index is 10.8. The van der Waals surface area contributed by atoms with Crippen LogP contribution < -0.4 is 14.8 Å². The summed E-state index contributed by atoms with van der Waals surface area (Å²) in [6.45, 7) is 4.16. The summed E-state index contributed by atoms with van der Waals surface area (Å²) in [5.74, 6) is 2.06. The van der Waals surface area contributed by atoms with E-state index in [4.69, 9.17) is 19.2 Å². The second-order valence-electron chi connectivity index (χ2n) is 6.97. The lowest BCUT2D eigenvalue weighted by atomic mass is 10.1. The van der Waals surface area contributed by atoms with E-state index in [1.807, 2.05) is 31.0 Å². The average Bonchev–Trinajstić information content (AvgIpc) is 2.77. The number of non-ortho nitro benzene ring substituents is 1. The van der Waals surface area contributed by atoms with E-state index in [9.17, 15) is 10.1 Å². The van der Waals surface area contributed by atoms with Crippen molar-refractivity contribution in [2.75, 3.05) is 41.5 Å². The Bertz CT molecular complexity index is 906. The van der Waals surface area contributed by atoms with Gasteiger partial charge in [0.15, 0.2) is 17.5 Å². The molecule has 32 heavy (non-hydrogen) atoms. The maximum absolute atomic E-state index is 10.8. The summed E-state index contributed by atoms with van der Waals surface area (Å²) in [5, 5.41) is 14.1. The van der Waals surface area contributed by atoms with Gasteiger partial charge in [-0.05, 0) is 35.7 Å². The van der Waals surface area contributed by atoms with Crippen LogP contribution in [0.15, 0.2) is 41.4 Å². The number of benzene rings is 2. The average molecular weight is 558 g/mol. The Morgan fingerprint density at radius 3 is 2.31 bits per heavy atom. The molecule has 2 aromatic carbocycles. The molecule has 2 rings (SSSR count). The van der Waals surface area contributed by atoms with Crippen molar-refractivity contribution in [3.8, 4) is 11.5 Å². The number of rotatable bonds is 10. The quantitative estimate of drug-likeness (QED) is 0.118. The van der Waals surface area contributed by atoms with E-state index >= 15 is 0 Å². The normalized spacial score (nSPS) is 10.8. The molecule has 0 unspecified atom stereocenters. The van der Waals surface area contributed by atoms with E-state index in [0.717, 1.165) is 16.7 Å². The third-order valence-electron chi connectivity index (χ3n) is 4.76. The molecule has 10 heteroatoms. The van der Waals surface area contributed by atoms with Crippen LogP contribution >= 0.6 is 24.0 Å². The summed E-state index contributed by atoms with van der Waals surface area (Å²) < 4.78 is 15.9. The number of hydrogen-bond acceptors (Lipinski definition) is 6. The monoisotopic (exact) mass is 558 g/mol. The van der Waals surface area contributed by atoms with Crippen LogP contribution in [0.2, 0.25) is 0 Å². The van der Waals surface area contributed by atoms with Gasteiger partial charge in [0.1, 0.15) is 0 Å². The first-order valence-corrected chi connectivity index (χ1v) is 9.82. The molecule has 0 aliphatic heterocycles. The zero-order chi connectivity index (χ0) is 22.8. The number of ether oxygens (including phenoxy) is 3. The highest BCUT2D eigenvalue weighted by Gasteiger charge is 2.13. The molecule has 2 aromatic rings. The smallest absolute Gasteiger partial charge is 0.269 e. The second-order valence-corrected chi connectivity index (χ2v) is 6.97. The molecule has 0 atom stereocenters. The van der Waals surface area contributed by atoms with Crippen LogP contribution in [0.1, 0.15) is 16.7 Å². The Labute approximate surface area is 205 Å². The van der Waals surface area contributed by atoms with Crippen molar-refractivity contribution in [1.29, 1.82) is 0 Å². The van der Waals surface area contributed by atoms with Crippen LogP contribution in [-0.2, 0) is 17.8 Å². The molecule has 0 spiro atoms. The van der Waals surface area contributed by atoms with Crippen molar-refractivity contribution in [3.05, 3.63) is 63.2 Å². The van der Waals surface area contributed by atoms with Gasteiger partial charge < -0.3 is 24.4 Å². The number of hydrogen-bond donors (Lipinski definition) is 1. The lowest BCUT2D eigenvalue weighted by molar-refractivity contribution is -0.384. The lowest BCUT2D eigenvalue weighted by Crippen LogP contribution is -2.40. The largest absolute Gasteiger partial charge is 0.493 e. The van der Waals surface area contributed by atoms with Gasteiger partial charge in [-0.3, -0.25) is 10.1 Å². The van der Waals surface area contributed by atoms with Crippen molar-refractivity contribution in [3.63, 3.8) is 0 Å². The number of methoxy groups -OCH3 is 3. The van der Waals surface area contributed by atoms with Gasteiger partial charge in [-0.25, -0.2) is 4.99 Å². The number of nitro benzene ring substituents is 1. The second kappa shape index (κ2) is 13.7. The maximum Gasteiger partial charge on any atom is 0.269 e. The highest BCUT2D eigenvalue weighted by molar-refractivity contribution is 14.0. The molecule has 0 fully saturated rings. The number of nitrogens with one attached hydrogen (secondary N) is 1. The number of aryl methyl sites for hydroxylation is 1. The summed E-state index contributed by atoms with van der Waals surface area (Å²) in [5.41, 5.74) is 3.10. The molecular formula is C22H31IN4O5. The Kier molecular flexibility index (Phi) is 11.8. The number of aliphatic imine (C=N–C) groups is 1. The van der Waals surface area contributed by atoms with Crippen molar-refractivity contribution in [1.82, 2.24) is 10.2 Å². The Morgan fingerprint density at radius 2 is 1.75 bits per heavy atom. The molecule has 0 aliphatic carbocycles. The molecule has 0 heterocycles. The minimum absolute atomic E-state index is 0. The molecule has 1 N–H and O–H groups in total. The fourth-order valence-corrected chi connectivity index (χ4v) is 2.99. The lowest BCUT2D eigenvalue weighted by Gasteiger charge is -2.24. The molecule has 0 radical (unpaired) electrons. The van der Waals surface area contributed by atoms with Crippen molar-refractivity contribution in [2.45, 2.75) is 20.0 Å². The minimum atomic E-state index is -0.413. The van der Waals surface area contributed by atoms with Gasteiger partial charge in [0.2, 0.25) is 0 Å². The molecular weight excluding hydrogens is 527 g/mol. The van der Waals surface area contributed by atoms with E-state index in [2.05, 4.69) is 5.32 Å².